The lowest BCUT2D eigenvalue weighted by molar-refractivity contribution is 0.367. The zero-order chi connectivity index (χ0) is 11.0. The number of hydrogen-bond acceptors (Lipinski definition) is 3. The van der Waals surface area contributed by atoms with Gasteiger partial charge in [0.2, 0.25) is 0 Å². The molecule has 0 bridgehead atoms. The van der Waals surface area contributed by atoms with Crippen LogP contribution in [0, 0.1) is 6.92 Å². The Bertz CT molecular complexity index is 489. The van der Waals surface area contributed by atoms with E-state index in [1.54, 1.807) is 17.6 Å². The predicted octanol–water partition coefficient (Wildman–Crippen LogP) is 2.11. The van der Waals surface area contributed by atoms with E-state index in [1.807, 2.05) is 13.1 Å². The van der Waals surface area contributed by atoms with Gasteiger partial charge in [0.15, 0.2) is 5.65 Å². The molecule has 1 N–H and O–H groups in total. The molecule has 1 atom stereocenters. The molecule has 2 aromatic rings. The van der Waals surface area contributed by atoms with E-state index in [-0.39, 0.29) is 0 Å². The number of alkyl halides is 1. The molecule has 5 heteroatoms. The number of fused-ring (bicyclic) bond motifs is 1. The van der Waals surface area contributed by atoms with Gasteiger partial charge in [0, 0.05) is 13.2 Å². The van der Waals surface area contributed by atoms with Crippen molar-refractivity contribution in [3.05, 3.63) is 23.8 Å². The van der Waals surface area contributed by atoms with Crippen molar-refractivity contribution in [3.63, 3.8) is 0 Å². The minimum absolute atomic E-state index is 0.370. The van der Waals surface area contributed by atoms with Crippen LogP contribution < -0.4 is 5.32 Å². The molecule has 2 aromatic heterocycles. The second-order valence-electron chi connectivity index (χ2n) is 3.49. The standard InChI is InChI=1S/C10H13FN4/c1-6-4-15-5-8(12-3)14-9(7(2)11)10(15)13-6/h4-5,7,12H,1-3H3. The van der Waals surface area contributed by atoms with E-state index < -0.39 is 6.17 Å². The number of nitrogens with zero attached hydrogens (tertiary/aromatic N) is 3. The van der Waals surface area contributed by atoms with Crippen molar-refractivity contribution in [2.45, 2.75) is 20.0 Å². The Balaban J connectivity index is 2.73. The first-order chi connectivity index (χ1) is 7.11. The Hall–Kier alpha value is -1.65. The van der Waals surface area contributed by atoms with Crippen LogP contribution in [0.1, 0.15) is 24.5 Å². The summed E-state index contributed by atoms with van der Waals surface area (Å²) in [6, 6.07) is 0. The smallest absolute Gasteiger partial charge is 0.162 e. The quantitative estimate of drug-likeness (QED) is 0.821. The lowest BCUT2D eigenvalue weighted by Gasteiger charge is -2.06. The van der Waals surface area contributed by atoms with Gasteiger partial charge in [0.1, 0.15) is 17.7 Å². The van der Waals surface area contributed by atoms with Crippen LogP contribution in [0.4, 0.5) is 10.2 Å². The molecule has 0 aliphatic heterocycles. The molecule has 2 rings (SSSR count). The van der Waals surface area contributed by atoms with Crippen molar-refractivity contribution in [2.24, 2.45) is 0 Å². The van der Waals surface area contributed by atoms with Crippen LogP contribution in [-0.4, -0.2) is 21.4 Å². The molecule has 0 radical (unpaired) electrons. The van der Waals surface area contributed by atoms with Gasteiger partial charge in [-0.15, -0.1) is 0 Å². The molecule has 2 heterocycles. The molecule has 0 fully saturated rings. The molecule has 0 spiro atoms. The summed E-state index contributed by atoms with van der Waals surface area (Å²) in [7, 11) is 1.75. The minimum Gasteiger partial charge on any atom is -0.372 e. The third-order valence-corrected chi connectivity index (χ3v) is 2.22. The Morgan fingerprint density at radius 1 is 1.40 bits per heavy atom. The molecule has 0 aromatic carbocycles. The molecule has 4 nitrogen and oxygen atoms in total. The lowest BCUT2D eigenvalue weighted by atomic mass is 10.3. The van der Waals surface area contributed by atoms with Crippen molar-refractivity contribution < 1.29 is 4.39 Å². The first-order valence-corrected chi connectivity index (χ1v) is 4.80. The second-order valence-corrected chi connectivity index (χ2v) is 3.49. The van der Waals surface area contributed by atoms with E-state index in [9.17, 15) is 4.39 Å². The molecular weight excluding hydrogens is 195 g/mol. The van der Waals surface area contributed by atoms with Crippen LogP contribution in [0.2, 0.25) is 0 Å². The Kier molecular flexibility index (Phi) is 2.30. The minimum atomic E-state index is -1.12. The molecule has 0 saturated carbocycles. The summed E-state index contributed by atoms with van der Waals surface area (Å²) in [4.78, 5) is 8.41. The summed E-state index contributed by atoms with van der Waals surface area (Å²) in [5.41, 5.74) is 1.81. The van der Waals surface area contributed by atoms with E-state index in [4.69, 9.17) is 0 Å². The van der Waals surface area contributed by atoms with Gasteiger partial charge in [-0.1, -0.05) is 0 Å². The monoisotopic (exact) mass is 208 g/mol. The highest BCUT2D eigenvalue weighted by atomic mass is 19.1. The van der Waals surface area contributed by atoms with Gasteiger partial charge in [0.25, 0.3) is 0 Å². The third-order valence-electron chi connectivity index (χ3n) is 2.22. The predicted molar refractivity (Wildman–Crippen MR) is 56.8 cm³/mol. The van der Waals surface area contributed by atoms with Crippen molar-refractivity contribution in [1.29, 1.82) is 0 Å². The van der Waals surface area contributed by atoms with Crippen molar-refractivity contribution in [2.75, 3.05) is 12.4 Å². The first kappa shape index (κ1) is 9.89. The highest BCUT2D eigenvalue weighted by Crippen LogP contribution is 2.21. The lowest BCUT2D eigenvalue weighted by Crippen LogP contribution is -2.02. The number of aryl methyl sites for hydroxylation is 1. The molecule has 15 heavy (non-hydrogen) atoms. The van der Waals surface area contributed by atoms with Crippen LogP contribution in [0.5, 0.6) is 0 Å². The zero-order valence-corrected chi connectivity index (χ0v) is 8.95. The molecule has 0 saturated heterocycles. The Labute approximate surface area is 87.2 Å². The van der Waals surface area contributed by atoms with Crippen molar-refractivity contribution in [1.82, 2.24) is 14.4 Å². The zero-order valence-electron chi connectivity index (χ0n) is 8.95. The number of imidazole rings is 1. The van der Waals surface area contributed by atoms with Gasteiger partial charge < -0.3 is 9.72 Å². The van der Waals surface area contributed by atoms with Gasteiger partial charge in [-0.3, -0.25) is 0 Å². The molecular formula is C10H13FN4. The van der Waals surface area contributed by atoms with Crippen LogP contribution in [0.25, 0.3) is 5.65 Å². The fourth-order valence-electron chi connectivity index (χ4n) is 1.53. The number of hydrogen-bond donors (Lipinski definition) is 1. The van der Waals surface area contributed by atoms with Gasteiger partial charge in [-0.2, -0.15) is 0 Å². The van der Waals surface area contributed by atoms with Crippen LogP contribution >= 0.6 is 0 Å². The van der Waals surface area contributed by atoms with Crippen LogP contribution in [0.3, 0.4) is 0 Å². The third kappa shape index (κ3) is 1.65. The summed E-state index contributed by atoms with van der Waals surface area (Å²) in [6.45, 7) is 3.34. The molecule has 0 amide bonds. The topological polar surface area (TPSA) is 42.2 Å². The average Bonchev–Trinajstić information content (AvgIpc) is 2.55. The molecule has 0 aliphatic carbocycles. The van der Waals surface area contributed by atoms with Crippen molar-refractivity contribution >= 4 is 11.5 Å². The van der Waals surface area contributed by atoms with Gasteiger partial charge in [-0.25, -0.2) is 14.4 Å². The number of rotatable bonds is 2. The number of aromatic nitrogens is 3. The molecule has 1 unspecified atom stereocenters. The van der Waals surface area contributed by atoms with Crippen LogP contribution in [0.15, 0.2) is 12.4 Å². The number of halogens is 1. The van der Waals surface area contributed by atoms with Gasteiger partial charge >= 0.3 is 0 Å². The van der Waals surface area contributed by atoms with Gasteiger partial charge in [-0.05, 0) is 13.8 Å². The Morgan fingerprint density at radius 2 is 2.13 bits per heavy atom. The highest BCUT2D eigenvalue weighted by Gasteiger charge is 2.13. The van der Waals surface area contributed by atoms with Crippen molar-refractivity contribution in [3.8, 4) is 0 Å². The number of nitrogens with one attached hydrogen (secondary N) is 1. The number of anilines is 1. The maximum Gasteiger partial charge on any atom is 0.162 e. The normalized spacial score (nSPS) is 13.1. The Morgan fingerprint density at radius 3 is 2.73 bits per heavy atom. The van der Waals surface area contributed by atoms with E-state index in [0.29, 0.717) is 17.2 Å². The summed E-state index contributed by atoms with van der Waals surface area (Å²) in [5.74, 6) is 0.638. The summed E-state index contributed by atoms with van der Waals surface area (Å²) >= 11 is 0. The maximum absolute atomic E-state index is 13.3. The molecule has 0 aliphatic rings. The summed E-state index contributed by atoms with van der Waals surface area (Å²) in [5, 5.41) is 2.90. The second kappa shape index (κ2) is 3.49. The maximum atomic E-state index is 13.3. The SMILES string of the molecule is CNc1cn2cc(C)nc2c(C(C)F)n1. The average molecular weight is 208 g/mol. The summed E-state index contributed by atoms with van der Waals surface area (Å²) in [6.07, 6.45) is 2.52. The fourth-order valence-corrected chi connectivity index (χ4v) is 1.53. The highest BCUT2D eigenvalue weighted by molar-refractivity contribution is 5.51. The first-order valence-electron chi connectivity index (χ1n) is 4.80. The molecule has 80 valence electrons. The van der Waals surface area contributed by atoms with E-state index in [0.717, 1.165) is 5.69 Å². The van der Waals surface area contributed by atoms with E-state index in [2.05, 4.69) is 15.3 Å². The largest absolute Gasteiger partial charge is 0.372 e. The van der Waals surface area contributed by atoms with Gasteiger partial charge in [0.05, 0.1) is 11.9 Å². The van der Waals surface area contributed by atoms with Crippen LogP contribution in [-0.2, 0) is 0 Å². The van der Waals surface area contributed by atoms with E-state index >= 15 is 0 Å². The van der Waals surface area contributed by atoms with E-state index in [1.165, 1.54) is 6.92 Å². The fraction of sp³-hybridized carbons (Fsp3) is 0.400. The summed E-state index contributed by atoms with van der Waals surface area (Å²) < 4.78 is 15.1.